The number of aromatic amines is 1. The van der Waals surface area contributed by atoms with Gasteiger partial charge in [0.25, 0.3) is 0 Å². The van der Waals surface area contributed by atoms with Crippen molar-refractivity contribution in [3.05, 3.63) is 18.0 Å². The van der Waals surface area contributed by atoms with E-state index in [0.717, 1.165) is 11.3 Å². The van der Waals surface area contributed by atoms with Crippen molar-refractivity contribution >= 4 is 11.2 Å². The summed E-state index contributed by atoms with van der Waals surface area (Å²) in [6.07, 6.45) is 2.36. The highest BCUT2D eigenvalue weighted by Crippen LogP contribution is 2.43. The molecule has 2 heterocycles. The first kappa shape index (κ1) is 10.5. The van der Waals surface area contributed by atoms with Crippen LogP contribution >= 0.6 is 0 Å². The molecule has 2 aromatic rings. The molecule has 0 saturated heterocycles. The highest BCUT2D eigenvalue weighted by Gasteiger charge is 2.41. The summed E-state index contributed by atoms with van der Waals surface area (Å²) in [5, 5.41) is 0. The van der Waals surface area contributed by atoms with E-state index in [-0.39, 0.29) is 5.54 Å². The molecule has 3 rings (SSSR count). The Hall–Kier alpha value is -1.62. The van der Waals surface area contributed by atoms with Gasteiger partial charge in [0.15, 0.2) is 5.65 Å². The van der Waals surface area contributed by atoms with Crippen LogP contribution in [0.3, 0.4) is 0 Å². The minimum absolute atomic E-state index is 0.381. The standard InChI is InChI=1S/C12H16N4O/c1-12(13,7-3-4-7)11-14-8-5-6-9(17-2)15-10(8)16-11/h5-7H,3-4,13H2,1-2H3,(H,14,15,16). The molecule has 1 atom stereocenters. The van der Waals surface area contributed by atoms with Crippen molar-refractivity contribution in [2.45, 2.75) is 25.3 Å². The lowest BCUT2D eigenvalue weighted by Gasteiger charge is -2.20. The number of ether oxygens (including phenoxy) is 1. The number of hydrogen-bond acceptors (Lipinski definition) is 4. The molecule has 3 N–H and O–H groups in total. The predicted octanol–water partition coefficient (Wildman–Crippen LogP) is 1.55. The fourth-order valence-corrected chi connectivity index (χ4v) is 2.12. The van der Waals surface area contributed by atoms with Gasteiger partial charge in [-0.25, -0.2) is 4.98 Å². The normalized spacial score (nSPS) is 19.2. The molecule has 5 heteroatoms. The van der Waals surface area contributed by atoms with E-state index in [2.05, 4.69) is 15.0 Å². The van der Waals surface area contributed by atoms with E-state index >= 15 is 0 Å². The molecule has 17 heavy (non-hydrogen) atoms. The third kappa shape index (κ3) is 1.67. The van der Waals surface area contributed by atoms with E-state index < -0.39 is 0 Å². The molecule has 1 aliphatic carbocycles. The van der Waals surface area contributed by atoms with Crippen LogP contribution in [0.1, 0.15) is 25.6 Å². The van der Waals surface area contributed by atoms with Gasteiger partial charge in [-0.1, -0.05) is 0 Å². The van der Waals surface area contributed by atoms with Crippen molar-refractivity contribution in [1.29, 1.82) is 0 Å². The lowest BCUT2D eigenvalue weighted by molar-refractivity contribution is 0.398. The molecule has 1 fully saturated rings. The largest absolute Gasteiger partial charge is 0.481 e. The van der Waals surface area contributed by atoms with E-state index in [1.165, 1.54) is 12.8 Å². The predicted molar refractivity (Wildman–Crippen MR) is 64.7 cm³/mol. The van der Waals surface area contributed by atoms with Crippen LogP contribution in [0.25, 0.3) is 11.2 Å². The number of rotatable bonds is 3. The number of methoxy groups -OCH3 is 1. The Labute approximate surface area is 99.4 Å². The minimum atomic E-state index is -0.381. The number of nitrogens with zero attached hydrogens (tertiary/aromatic N) is 2. The Bertz CT molecular complexity index is 557. The average molecular weight is 232 g/mol. The molecule has 0 amide bonds. The van der Waals surface area contributed by atoms with E-state index in [1.54, 1.807) is 7.11 Å². The Morgan fingerprint density at radius 3 is 2.82 bits per heavy atom. The van der Waals surface area contributed by atoms with Crippen molar-refractivity contribution in [3.8, 4) is 5.88 Å². The number of fused-ring (bicyclic) bond motifs is 1. The van der Waals surface area contributed by atoms with Gasteiger partial charge >= 0.3 is 0 Å². The van der Waals surface area contributed by atoms with E-state index in [4.69, 9.17) is 10.5 Å². The van der Waals surface area contributed by atoms with Crippen LogP contribution in [-0.4, -0.2) is 22.1 Å². The fourth-order valence-electron chi connectivity index (χ4n) is 2.12. The summed E-state index contributed by atoms with van der Waals surface area (Å²) in [7, 11) is 1.60. The smallest absolute Gasteiger partial charge is 0.215 e. The number of hydrogen-bond donors (Lipinski definition) is 2. The number of pyridine rings is 1. The Kier molecular flexibility index (Phi) is 2.13. The van der Waals surface area contributed by atoms with Gasteiger partial charge in [0.05, 0.1) is 18.2 Å². The van der Waals surface area contributed by atoms with Gasteiger partial charge in [-0.05, 0) is 31.7 Å². The Balaban J connectivity index is 2.06. The topological polar surface area (TPSA) is 76.8 Å². The molecule has 0 aromatic carbocycles. The zero-order valence-electron chi connectivity index (χ0n) is 10.0. The molecule has 1 unspecified atom stereocenters. The van der Waals surface area contributed by atoms with Gasteiger partial charge < -0.3 is 15.5 Å². The molecular formula is C12H16N4O. The number of aromatic nitrogens is 3. The summed E-state index contributed by atoms with van der Waals surface area (Å²) in [6, 6.07) is 3.73. The van der Waals surface area contributed by atoms with Gasteiger partial charge in [-0.3, -0.25) is 0 Å². The third-order valence-electron chi connectivity index (χ3n) is 3.47. The first-order valence-corrected chi connectivity index (χ1v) is 5.81. The summed E-state index contributed by atoms with van der Waals surface area (Å²) in [6.45, 7) is 2.03. The second kappa shape index (κ2) is 3.43. The molecule has 5 nitrogen and oxygen atoms in total. The first-order chi connectivity index (χ1) is 8.11. The minimum Gasteiger partial charge on any atom is -0.481 e. The number of H-pyrrole nitrogens is 1. The maximum absolute atomic E-state index is 6.32. The molecule has 2 aromatic heterocycles. The Morgan fingerprint density at radius 2 is 2.18 bits per heavy atom. The first-order valence-electron chi connectivity index (χ1n) is 5.81. The molecule has 0 radical (unpaired) electrons. The second-order valence-corrected chi connectivity index (χ2v) is 4.87. The molecule has 0 spiro atoms. The van der Waals surface area contributed by atoms with Crippen LogP contribution in [-0.2, 0) is 5.54 Å². The summed E-state index contributed by atoms with van der Waals surface area (Å²) in [5.41, 5.74) is 7.51. The van der Waals surface area contributed by atoms with Crippen LogP contribution < -0.4 is 10.5 Å². The SMILES string of the molecule is COc1ccc2[nH]c(C(C)(N)C3CC3)nc2n1. The van der Waals surface area contributed by atoms with Gasteiger partial charge in [-0.2, -0.15) is 4.98 Å². The summed E-state index contributed by atoms with van der Waals surface area (Å²) in [4.78, 5) is 12.0. The van der Waals surface area contributed by atoms with Gasteiger partial charge in [0.2, 0.25) is 5.88 Å². The highest BCUT2D eigenvalue weighted by atomic mass is 16.5. The van der Waals surface area contributed by atoms with Crippen LogP contribution in [0, 0.1) is 5.92 Å². The zero-order valence-corrected chi connectivity index (χ0v) is 10.0. The molecular weight excluding hydrogens is 216 g/mol. The van der Waals surface area contributed by atoms with Crippen LogP contribution in [0.2, 0.25) is 0 Å². The molecule has 1 saturated carbocycles. The maximum atomic E-state index is 6.32. The van der Waals surface area contributed by atoms with E-state index in [1.807, 2.05) is 19.1 Å². The van der Waals surface area contributed by atoms with Gasteiger partial charge in [0.1, 0.15) is 5.82 Å². The maximum Gasteiger partial charge on any atom is 0.215 e. The fraction of sp³-hybridized carbons (Fsp3) is 0.500. The summed E-state index contributed by atoms with van der Waals surface area (Å²) in [5.74, 6) is 1.92. The summed E-state index contributed by atoms with van der Waals surface area (Å²) < 4.78 is 5.08. The lowest BCUT2D eigenvalue weighted by Crippen LogP contribution is -2.36. The van der Waals surface area contributed by atoms with Crippen LogP contribution in [0.15, 0.2) is 12.1 Å². The van der Waals surface area contributed by atoms with Gasteiger partial charge in [-0.15, -0.1) is 0 Å². The molecule has 0 bridgehead atoms. The molecule has 90 valence electrons. The zero-order chi connectivity index (χ0) is 12.0. The lowest BCUT2D eigenvalue weighted by atomic mass is 9.97. The quantitative estimate of drug-likeness (QED) is 0.841. The average Bonchev–Trinajstić information content (AvgIpc) is 3.08. The van der Waals surface area contributed by atoms with Crippen molar-refractivity contribution < 1.29 is 4.74 Å². The van der Waals surface area contributed by atoms with E-state index in [0.29, 0.717) is 17.4 Å². The third-order valence-corrected chi connectivity index (χ3v) is 3.47. The van der Waals surface area contributed by atoms with Crippen LogP contribution in [0.4, 0.5) is 0 Å². The van der Waals surface area contributed by atoms with Crippen LogP contribution in [0.5, 0.6) is 5.88 Å². The van der Waals surface area contributed by atoms with E-state index in [9.17, 15) is 0 Å². The second-order valence-electron chi connectivity index (χ2n) is 4.87. The molecule has 1 aliphatic rings. The van der Waals surface area contributed by atoms with Crippen molar-refractivity contribution in [2.24, 2.45) is 11.7 Å². The highest BCUT2D eigenvalue weighted by molar-refractivity contribution is 5.71. The Morgan fingerprint density at radius 1 is 1.41 bits per heavy atom. The number of nitrogens with one attached hydrogen (secondary N) is 1. The van der Waals surface area contributed by atoms with Gasteiger partial charge in [0, 0.05) is 6.07 Å². The number of imidazole rings is 1. The number of nitrogens with two attached hydrogens (primary N) is 1. The van der Waals surface area contributed by atoms with Crippen molar-refractivity contribution in [2.75, 3.05) is 7.11 Å². The van der Waals surface area contributed by atoms with Crippen molar-refractivity contribution in [3.63, 3.8) is 0 Å². The molecule has 0 aliphatic heterocycles. The monoisotopic (exact) mass is 232 g/mol. The van der Waals surface area contributed by atoms with Crippen molar-refractivity contribution in [1.82, 2.24) is 15.0 Å². The summed E-state index contributed by atoms with van der Waals surface area (Å²) >= 11 is 0.